The van der Waals surface area contributed by atoms with Crippen LogP contribution in [0.1, 0.15) is 0 Å². The number of hydrogen-bond acceptors (Lipinski definition) is 1. The predicted octanol–water partition coefficient (Wildman–Crippen LogP) is 10.9. The van der Waals surface area contributed by atoms with E-state index in [4.69, 9.17) is 0 Å². The van der Waals surface area contributed by atoms with Gasteiger partial charge in [0, 0.05) is 63.6 Å². The van der Waals surface area contributed by atoms with Crippen LogP contribution in [0.3, 0.4) is 0 Å². The summed E-state index contributed by atoms with van der Waals surface area (Å²) >= 11 is 0. The molecule has 0 bridgehead atoms. The van der Waals surface area contributed by atoms with E-state index in [-0.39, 0.29) is 0 Å². The molecule has 0 aliphatic heterocycles. The molecule has 2 N–H and O–H groups in total. The van der Waals surface area contributed by atoms with E-state index in [1.165, 1.54) is 44.5 Å². The molecule has 5 aromatic carbocycles. The number of aromatic nitrogens is 3. The fraction of sp³-hybridized carbons (Fsp3) is 0. The van der Waals surface area contributed by atoms with Crippen LogP contribution in [-0.2, 0) is 0 Å². The highest BCUT2D eigenvalue weighted by atomic mass is 14.7. The van der Waals surface area contributed by atoms with Gasteiger partial charge in [-0.3, -0.25) is 4.98 Å². The number of fused-ring (bicyclic) bond motifs is 1. The van der Waals surface area contributed by atoms with Crippen molar-refractivity contribution in [3.05, 3.63) is 164 Å². The molecule has 3 nitrogen and oxygen atoms in total. The molecule has 3 heteroatoms. The Kier molecular flexibility index (Phi) is 6.47. The quantitative estimate of drug-likeness (QED) is 0.208. The van der Waals surface area contributed by atoms with Crippen LogP contribution in [0.4, 0.5) is 0 Å². The molecular formula is C41H29N3. The Morgan fingerprint density at radius 3 is 1.23 bits per heavy atom. The van der Waals surface area contributed by atoms with Crippen LogP contribution in [0.15, 0.2) is 164 Å². The third-order valence-electron chi connectivity index (χ3n) is 8.41. The fourth-order valence-electron chi connectivity index (χ4n) is 6.40. The first kappa shape index (κ1) is 25.8. The third kappa shape index (κ3) is 4.43. The number of nitrogens with zero attached hydrogens (tertiary/aromatic N) is 1. The fourth-order valence-corrected chi connectivity index (χ4v) is 6.40. The summed E-state index contributed by atoms with van der Waals surface area (Å²) in [7, 11) is 0. The Morgan fingerprint density at radius 1 is 0.364 bits per heavy atom. The number of rotatable bonds is 6. The summed E-state index contributed by atoms with van der Waals surface area (Å²) in [5, 5.41) is 2.24. The summed E-state index contributed by atoms with van der Waals surface area (Å²) in [4.78, 5) is 12.0. The molecule has 8 rings (SSSR count). The van der Waals surface area contributed by atoms with Crippen LogP contribution in [0.25, 0.3) is 77.8 Å². The molecule has 0 saturated carbocycles. The molecule has 0 aliphatic carbocycles. The first-order valence-electron chi connectivity index (χ1n) is 14.9. The van der Waals surface area contributed by atoms with E-state index >= 15 is 0 Å². The van der Waals surface area contributed by atoms with E-state index in [1.54, 1.807) is 0 Å². The zero-order chi connectivity index (χ0) is 29.3. The minimum Gasteiger partial charge on any atom is -0.360 e. The Balaban J connectivity index is 1.36. The zero-order valence-corrected chi connectivity index (χ0v) is 24.0. The van der Waals surface area contributed by atoms with Gasteiger partial charge in [-0.05, 0) is 33.7 Å². The van der Waals surface area contributed by atoms with E-state index in [0.717, 1.165) is 33.3 Å². The Morgan fingerprint density at radius 2 is 0.773 bits per heavy atom. The monoisotopic (exact) mass is 563 g/mol. The SMILES string of the molecule is c1ccc(-c2c[nH]c(-c3ccc(-c4[nH]cc(-c5ccccc5)c4-c4ccccc4)c4cnccc34)c2-c2ccccc2)cc1. The first-order valence-corrected chi connectivity index (χ1v) is 14.9. The second kappa shape index (κ2) is 11.0. The highest BCUT2D eigenvalue weighted by Crippen LogP contribution is 2.46. The highest BCUT2D eigenvalue weighted by Gasteiger charge is 2.22. The zero-order valence-electron chi connectivity index (χ0n) is 24.0. The molecule has 3 aromatic heterocycles. The number of benzene rings is 5. The third-order valence-corrected chi connectivity index (χ3v) is 8.41. The maximum Gasteiger partial charge on any atom is 0.0546 e. The average Bonchev–Trinajstić information content (AvgIpc) is 3.75. The van der Waals surface area contributed by atoms with Crippen molar-refractivity contribution < 1.29 is 0 Å². The Bertz CT molecular complexity index is 2030. The summed E-state index contributed by atoms with van der Waals surface area (Å²) in [6, 6.07) is 49.1. The second-order valence-corrected chi connectivity index (χ2v) is 11.0. The van der Waals surface area contributed by atoms with Gasteiger partial charge in [-0.1, -0.05) is 133 Å². The van der Waals surface area contributed by atoms with Crippen LogP contribution in [0, 0.1) is 0 Å². The first-order chi connectivity index (χ1) is 21.9. The van der Waals surface area contributed by atoms with Crippen LogP contribution in [0.2, 0.25) is 0 Å². The van der Waals surface area contributed by atoms with Gasteiger partial charge in [0.15, 0.2) is 0 Å². The van der Waals surface area contributed by atoms with Crippen LogP contribution >= 0.6 is 0 Å². The maximum absolute atomic E-state index is 4.61. The lowest BCUT2D eigenvalue weighted by Gasteiger charge is -2.15. The maximum atomic E-state index is 4.61. The van der Waals surface area contributed by atoms with Gasteiger partial charge in [0.1, 0.15) is 0 Å². The Hall–Kier alpha value is -5.93. The lowest BCUT2D eigenvalue weighted by atomic mass is 9.89. The molecule has 44 heavy (non-hydrogen) atoms. The molecule has 0 aliphatic rings. The predicted molar refractivity (Wildman–Crippen MR) is 183 cm³/mol. The normalized spacial score (nSPS) is 11.2. The van der Waals surface area contributed by atoms with E-state index < -0.39 is 0 Å². The standard InChI is InChI=1S/C41H29N3/c1-5-13-28(14-6-1)35-26-43-40(38(35)30-17-9-3-10-18-30)33-21-22-34(37-25-42-24-23-32(33)37)41-39(31-19-11-4-12-20-31)36(27-44-41)29-15-7-2-8-16-29/h1-27,43-44H. The largest absolute Gasteiger partial charge is 0.360 e. The molecule has 8 aromatic rings. The van der Waals surface area contributed by atoms with Crippen molar-refractivity contribution in [3.63, 3.8) is 0 Å². The van der Waals surface area contributed by atoms with Crippen molar-refractivity contribution in [2.24, 2.45) is 0 Å². The van der Waals surface area contributed by atoms with Gasteiger partial charge >= 0.3 is 0 Å². The molecule has 3 heterocycles. The van der Waals surface area contributed by atoms with Gasteiger partial charge < -0.3 is 9.97 Å². The number of hydrogen-bond donors (Lipinski definition) is 2. The minimum atomic E-state index is 1.08. The molecular weight excluding hydrogens is 534 g/mol. The van der Waals surface area contributed by atoms with Gasteiger partial charge in [-0.25, -0.2) is 0 Å². The molecule has 0 radical (unpaired) electrons. The molecule has 0 amide bonds. The molecule has 0 spiro atoms. The molecule has 0 saturated heterocycles. The number of H-pyrrole nitrogens is 2. The van der Waals surface area contributed by atoms with Crippen LogP contribution < -0.4 is 0 Å². The van der Waals surface area contributed by atoms with Crippen molar-refractivity contribution in [1.29, 1.82) is 0 Å². The summed E-state index contributed by atoms with van der Waals surface area (Å²) in [5.41, 5.74) is 13.9. The lowest BCUT2D eigenvalue weighted by molar-refractivity contribution is 1.35. The van der Waals surface area contributed by atoms with Gasteiger partial charge in [0.05, 0.1) is 11.4 Å². The topological polar surface area (TPSA) is 44.5 Å². The van der Waals surface area contributed by atoms with Crippen LogP contribution in [0.5, 0.6) is 0 Å². The van der Waals surface area contributed by atoms with E-state index in [1.807, 2.05) is 12.4 Å². The molecule has 0 atom stereocenters. The summed E-state index contributed by atoms with van der Waals surface area (Å²) in [6.45, 7) is 0. The van der Waals surface area contributed by atoms with E-state index in [9.17, 15) is 0 Å². The van der Waals surface area contributed by atoms with E-state index in [0.29, 0.717) is 0 Å². The summed E-state index contributed by atoms with van der Waals surface area (Å²) in [6.07, 6.45) is 8.16. The smallest absolute Gasteiger partial charge is 0.0546 e. The average molecular weight is 564 g/mol. The summed E-state index contributed by atoms with van der Waals surface area (Å²) in [5.74, 6) is 0. The molecule has 0 unspecified atom stereocenters. The van der Waals surface area contributed by atoms with Gasteiger partial charge in [-0.15, -0.1) is 0 Å². The Labute approximate surface area is 256 Å². The minimum absolute atomic E-state index is 1.08. The number of nitrogens with one attached hydrogen (secondary N) is 2. The molecule has 0 fully saturated rings. The molecule has 208 valence electrons. The van der Waals surface area contributed by atoms with Crippen molar-refractivity contribution in [2.75, 3.05) is 0 Å². The van der Waals surface area contributed by atoms with Crippen LogP contribution in [-0.4, -0.2) is 15.0 Å². The van der Waals surface area contributed by atoms with E-state index in [2.05, 4.69) is 167 Å². The van der Waals surface area contributed by atoms with Gasteiger partial charge in [0.2, 0.25) is 0 Å². The summed E-state index contributed by atoms with van der Waals surface area (Å²) < 4.78 is 0. The number of aromatic amines is 2. The lowest BCUT2D eigenvalue weighted by Crippen LogP contribution is -1.91. The van der Waals surface area contributed by atoms with Crippen molar-refractivity contribution >= 4 is 10.8 Å². The second-order valence-electron chi connectivity index (χ2n) is 11.0. The van der Waals surface area contributed by atoms with Crippen molar-refractivity contribution in [1.82, 2.24) is 15.0 Å². The van der Waals surface area contributed by atoms with Gasteiger partial charge in [0.25, 0.3) is 0 Å². The highest BCUT2D eigenvalue weighted by molar-refractivity contribution is 6.09. The van der Waals surface area contributed by atoms with Crippen molar-refractivity contribution in [2.45, 2.75) is 0 Å². The number of pyridine rings is 1. The van der Waals surface area contributed by atoms with Crippen molar-refractivity contribution in [3.8, 4) is 67.0 Å². The van der Waals surface area contributed by atoms with Gasteiger partial charge in [-0.2, -0.15) is 0 Å².